The van der Waals surface area contributed by atoms with Gasteiger partial charge < -0.3 is 29.3 Å². The van der Waals surface area contributed by atoms with Crippen molar-refractivity contribution in [2.45, 2.75) is 19.5 Å². The summed E-state index contributed by atoms with van der Waals surface area (Å²) in [6.07, 6.45) is 1.52. The number of hydrogen-bond acceptors (Lipinski definition) is 6. The lowest BCUT2D eigenvalue weighted by molar-refractivity contribution is -0.122. The van der Waals surface area contributed by atoms with Gasteiger partial charge in [0.15, 0.2) is 11.5 Å². The lowest BCUT2D eigenvalue weighted by atomic mass is 10.1. The zero-order chi connectivity index (χ0) is 19.1. The van der Waals surface area contributed by atoms with E-state index in [2.05, 4.69) is 10.6 Å². The first-order chi connectivity index (χ1) is 12.5. The summed E-state index contributed by atoms with van der Waals surface area (Å²) < 4.78 is 20.8. The molecule has 0 bridgehead atoms. The van der Waals surface area contributed by atoms with E-state index in [0.29, 0.717) is 23.0 Å². The van der Waals surface area contributed by atoms with Gasteiger partial charge in [0.2, 0.25) is 5.91 Å². The lowest BCUT2D eigenvalue weighted by Crippen LogP contribution is -2.44. The van der Waals surface area contributed by atoms with Crippen LogP contribution in [0.3, 0.4) is 0 Å². The van der Waals surface area contributed by atoms with Crippen LogP contribution in [-0.4, -0.2) is 39.2 Å². The molecule has 2 rings (SSSR count). The van der Waals surface area contributed by atoms with Crippen LogP contribution >= 0.6 is 0 Å². The predicted octanol–water partition coefficient (Wildman–Crippen LogP) is 1.74. The Balaban J connectivity index is 2.06. The minimum Gasteiger partial charge on any atom is -0.496 e. The molecule has 1 aromatic heterocycles. The van der Waals surface area contributed by atoms with E-state index in [4.69, 9.17) is 18.6 Å². The van der Waals surface area contributed by atoms with Crippen LogP contribution in [-0.2, 0) is 11.3 Å². The first-order valence-electron chi connectivity index (χ1n) is 7.91. The number of rotatable bonds is 8. The molecule has 1 aromatic carbocycles. The van der Waals surface area contributed by atoms with Crippen molar-refractivity contribution in [3.05, 3.63) is 41.9 Å². The summed E-state index contributed by atoms with van der Waals surface area (Å²) in [5.74, 6) is 0.943. The summed E-state index contributed by atoms with van der Waals surface area (Å²) in [7, 11) is 4.40. The smallest absolute Gasteiger partial charge is 0.255 e. The molecule has 2 amide bonds. The average molecular weight is 362 g/mol. The largest absolute Gasteiger partial charge is 0.496 e. The molecule has 2 N–H and O–H groups in total. The monoisotopic (exact) mass is 362 g/mol. The van der Waals surface area contributed by atoms with Crippen molar-refractivity contribution in [2.24, 2.45) is 0 Å². The molecule has 0 spiro atoms. The molecule has 0 saturated carbocycles. The number of carbonyl (C=O) groups is 2. The van der Waals surface area contributed by atoms with Gasteiger partial charge in [-0.1, -0.05) is 0 Å². The highest BCUT2D eigenvalue weighted by Crippen LogP contribution is 2.34. The van der Waals surface area contributed by atoms with Crippen LogP contribution in [0.15, 0.2) is 34.9 Å². The van der Waals surface area contributed by atoms with Crippen molar-refractivity contribution < 1.29 is 28.2 Å². The van der Waals surface area contributed by atoms with Crippen LogP contribution in [0.1, 0.15) is 23.0 Å². The van der Waals surface area contributed by atoms with Crippen molar-refractivity contribution in [1.82, 2.24) is 10.6 Å². The molecule has 8 heteroatoms. The third-order valence-corrected chi connectivity index (χ3v) is 3.71. The van der Waals surface area contributed by atoms with Gasteiger partial charge in [0.05, 0.1) is 39.7 Å². The molecule has 8 nitrogen and oxygen atoms in total. The Kier molecular flexibility index (Phi) is 6.48. The van der Waals surface area contributed by atoms with Crippen LogP contribution in [0.2, 0.25) is 0 Å². The van der Waals surface area contributed by atoms with Crippen LogP contribution in [0.4, 0.5) is 0 Å². The number of carbonyl (C=O) groups excluding carboxylic acids is 2. The number of benzene rings is 1. The zero-order valence-corrected chi connectivity index (χ0v) is 15.1. The highest BCUT2D eigenvalue weighted by Gasteiger charge is 2.21. The molecule has 0 aliphatic carbocycles. The zero-order valence-electron chi connectivity index (χ0n) is 15.1. The molecular weight excluding hydrogens is 340 g/mol. The highest BCUT2D eigenvalue weighted by molar-refractivity contribution is 6.00. The Morgan fingerprint density at radius 3 is 2.31 bits per heavy atom. The SMILES string of the molecule is COc1cc(OC)c(C(=O)NC(C)C(=O)NCc2ccco2)cc1OC. The van der Waals surface area contributed by atoms with Crippen LogP contribution in [0.5, 0.6) is 17.2 Å². The van der Waals surface area contributed by atoms with Gasteiger partial charge in [0, 0.05) is 12.1 Å². The third-order valence-electron chi connectivity index (χ3n) is 3.71. The maximum Gasteiger partial charge on any atom is 0.255 e. The predicted molar refractivity (Wildman–Crippen MR) is 93.6 cm³/mol. The Hall–Kier alpha value is -3.16. The normalized spacial score (nSPS) is 11.4. The summed E-state index contributed by atoms with van der Waals surface area (Å²) in [5.41, 5.74) is 0.232. The molecule has 1 heterocycles. The minimum absolute atomic E-state index is 0.232. The van der Waals surface area contributed by atoms with Crippen molar-refractivity contribution in [2.75, 3.05) is 21.3 Å². The molecule has 0 saturated heterocycles. The van der Waals surface area contributed by atoms with E-state index in [0.717, 1.165) is 0 Å². The van der Waals surface area contributed by atoms with Crippen LogP contribution in [0.25, 0.3) is 0 Å². The number of amides is 2. The van der Waals surface area contributed by atoms with Gasteiger partial charge in [-0.05, 0) is 19.1 Å². The van der Waals surface area contributed by atoms with Crippen molar-refractivity contribution in [1.29, 1.82) is 0 Å². The van der Waals surface area contributed by atoms with Gasteiger partial charge in [-0.15, -0.1) is 0 Å². The molecule has 140 valence electrons. The first-order valence-corrected chi connectivity index (χ1v) is 7.91. The molecular formula is C18H22N2O6. The number of ether oxygens (including phenoxy) is 3. The van der Waals surface area contributed by atoms with Gasteiger partial charge in [-0.3, -0.25) is 9.59 Å². The van der Waals surface area contributed by atoms with Crippen LogP contribution in [0, 0.1) is 0 Å². The van der Waals surface area contributed by atoms with E-state index in [1.165, 1.54) is 33.7 Å². The fourth-order valence-electron chi connectivity index (χ4n) is 2.29. The lowest BCUT2D eigenvalue weighted by Gasteiger charge is -2.17. The van der Waals surface area contributed by atoms with Gasteiger partial charge in [0.1, 0.15) is 17.6 Å². The molecule has 26 heavy (non-hydrogen) atoms. The molecule has 0 aliphatic rings. The van der Waals surface area contributed by atoms with E-state index >= 15 is 0 Å². The Morgan fingerprint density at radius 2 is 1.73 bits per heavy atom. The van der Waals surface area contributed by atoms with E-state index in [1.807, 2.05) is 0 Å². The number of hydrogen-bond donors (Lipinski definition) is 2. The second kappa shape index (κ2) is 8.80. The number of nitrogens with one attached hydrogen (secondary N) is 2. The quantitative estimate of drug-likeness (QED) is 0.742. The maximum atomic E-state index is 12.6. The summed E-state index contributed by atoms with van der Waals surface area (Å²) >= 11 is 0. The molecule has 1 atom stereocenters. The summed E-state index contributed by atoms with van der Waals surface area (Å²) in [5, 5.41) is 5.32. The van der Waals surface area contributed by atoms with Gasteiger partial charge >= 0.3 is 0 Å². The summed E-state index contributed by atoms with van der Waals surface area (Å²) in [4.78, 5) is 24.7. The summed E-state index contributed by atoms with van der Waals surface area (Å²) in [6, 6.07) is 5.78. The van der Waals surface area contributed by atoms with E-state index < -0.39 is 11.9 Å². The highest BCUT2D eigenvalue weighted by atomic mass is 16.5. The molecule has 1 unspecified atom stereocenters. The molecule has 0 radical (unpaired) electrons. The second-order valence-corrected chi connectivity index (χ2v) is 5.40. The second-order valence-electron chi connectivity index (χ2n) is 5.40. The van der Waals surface area contributed by atoms with Gasteiger partial charge in [-0.2, -0.15) is 0 Å². The Labute approximate surface area is 151 Å². The fourth-order valence-corrected chi connectivity index (χ4v) is 2.29. The third kappa shape index (κ3) is 4.47. The van der Waals surface area contributed by atoms with Crippen molar-refractivity contribution >= 4 is 11.8 Å². The number of methoxy groups -OCH3 is 3. The van der Waals surface area contributed by atoms with E-state index in [9.17, 15) is 9.59 Å². The first kappa shape index (κ1) is 19.2. The molecule has 2 aromatic rings. The topological polar surface area (TPSA) is 99.0 Å². The Morgan fingerprint density at radius 1 is 1.08 bits per heavy atom. The van der Waals surface area contributed by atoms with E-state index in [-0.39, 0.29) is 18.0 Å². The summed E-state index contributed by atoms with van der Waals surface area (Å²) in [6.45, 7) is 1.83. The van der Waals surface area contributed by atoms with Crippen molar-refractivity contribution in [3.8, 4) is 17.2 Å². The van der Waals surface area contributed by atoms with Gasteiger partial charge in [0.25, 0.3) is 5.91 Å². The standard InChI is InChI=1S/C18H22N2O6/c1-11(17(21)19-10-12-6-5-7-26-12)20-18(22)13-8-15(24-3)16(25-4)9-14(13)23-2/h5-9,11H,10H2,1-4H3,(H,19,21)(H,20,22). The fraction of sp³-hybridized carbons (Fsp3) is 0.333. The minimum atomic E-state index is -0.754. The molecule has 0 fully saturated rings. The van der Waals surface area contributed by atoms with Crippen LogP contribution < -0.4 is 24.8 Å². The average Bonchev–Trinajstić information content (AvgIpc) is 3.18. The van der Waals surface area contributed by atoms with Crippen molar-refractivity contribution in [3.63, 3.8) is 0 Å². The van der Waals surface area contributed by atoms with E-state index in [1.54, 1.807) is 25.1 Å². The molecule has 0 aliphatic heterocycles. The van der Waals surface area contributed by atoms with Gasteiger partial charge in [-0.25, -0.2) is 0 Å². The number of furan rings is 1. The Bertz CT molecular complexity index is 757. The maximum absolute atomic E-state index is 12.6.